The normalized spacial score (nSPS) is 12.9. The van der Waals surface area contributed by atoms with Crippen LogP contribution in [0.2, 0.25) is 0 Å². The highest BCUT2D eigenvalue weighted by Crippen LogP contribution is 2.36. The lowest BCUT2D eigenvalue weighted by atomic mass is 9.90. The molecule has 1 aromatic heterocycles. The van der Waals surface area contributed by atoms with E-state index in [0.717, 1.165) is 39.5 Å². The fourth-order valence-electron chi connectivity index (χ4n) is 5.75. The van der Waals surface area contributed by atoms with Crippen molar-refractivity contribution in [3.63, 3.8) is 0 Å². The maximum absolute atomic E-state index is 14.1. The molecule has 2 aromatic rings. The predicted octanol–water partition coefficient (Wildman–Crippen LogP) is -7.44. The molecule has 2 heterocycles. The quantitative estimate of drug-likeness (QED) is 0.0911. The third-order valence-corrected chi connectivity index (χ3v) is 7.86. The van der Waals surface area contributed by atoms with Crippen molar-refractivity contribution in [1.29, 1.82) is 0 Å². The number of pyridine rings is 2. The van der Waals surface area contributed by atoms with Crippen LogP contribution in [-0.4, -0.2) is 117 Å². The Balaban J connectivity index is 0.00000337. The van der Waals surface area contributed by atoms with Gasteiger partial charge in [0.15, 0.2) is 0 Å². The van der Waals surface area contributed by atoms with Crippen molar-refractivity contribution in [2.24, 2.45) is 4.99 Å². The molecule has 4 rings (SSSR count). The first-order valence-corrected chi connectivity index (χ1v) is 14.9. The number of hydrogen-bond donors (Lipinski definition) is 1. The van der Waals surface area contributed by atoms with E-state index in [4.69, 9.17) is 4.99 Å². The summed E-state index contributed by atoms with van der Waals surface area (Å²) in [6.45, 7) is 3.69. The van der Waals surface area contributed by atoms with Crippen LogP contribution in [0.3, 0.4) is 0 Å². The monoisotopic (exact) mass is 686 g/mol. The molecular weight excluding hydrogens is 639 g/mol. The molecular formula is C32H49Cl3N6O4. The fraction of sp³-hybridized carbons (Fsp3) is 0.562. The first-order chi connectivity index (χ1) is 19.4. The van der Waals surface area contributed by atoms with Crippen LogP contribution in [0, 0.1) is 0 Å². The van der Waals surface area contributed by atoms with E-state index in [9.17, 15) is 19.5 Å². The van der Waals surface area contributed by atoms with E-state index in [1.54, 1.807) is 18.2 Å². The van der Waals surface area contributed by atoms with Crippen LogP contribution in [0.15, 0.2) is 37.6 Å². The van der Waals surface area contributed by atoms with E-state index in [1.165, 1.54) is 9.13 Å². The van der Waals surface area contributed by atoms with Crippen LogP contribution in [0.25, 0.3) is 32.7 Å². The zero-order valence-electron chi connectivity index (χ0n) is 28.1. The highest BCUT2D eigenvalue weighted by molar-refractivity contribution is 6.15. The Labute approximate surface area is 284 Å². The summed E-state index contributed by atoms with van der Waals surface area (Å²) < 4.78 is 5.01. The molecule has 0 atom stereocenters. The average Bonchev–Trinajstić information content (AvgIpc) is 2.86. The van der Waals surface area contributed by atoms with E-state index in [1.807, 2.05) is 0 Å². The van der Waals surface area contributed by atoms with Gasteiger partial charge in [0.05, 0.1) is 99.4 Å². The smallest absolute Gasteiger partial charge is 0.263 e. The lowest BCUT2D eigenvalue weighted by Crippen LogP contribution is -3.00. The Morgan fingerprint density at radius 1 is 0.644 bits per heavy atom. The largest absolute Gasteiger partial charge is 1.00 e. The first kappa shape index (κ1) is 40.6. The van der Waals surface area contributed by atoms with Crippen molar-refractivity contribution < 1.29 is 55.8 Å². The molecule has 1 aromatic carbocycles. The standard InChI is InChI=1S/C32H48N6O4.3ClH/c1-36(2,3)18-10-15-33-25-21-24-26-22(29(39)34(31(24)41)16-11-19-37(4,5)6)13-14-23-27(26)28(25)32(42)35(30(23)40)17-12-20-38(7,8)9;;;/h13-14,21H,10-12,15-20H2,1-9H3;3*1H/q+2;;;/p-2. The van der Waals surface area contributed by atoms with Gasteiger partial charge in [-0.2, -0.15) is 0 Å². The van der Waals surface area contributed by atoms with Crippen molar-refractivity contribution in [2.45, 2.75) is 32.4 Å². The maximum Gasteiger partial charge on any atom is 0.263 e. The second-order valence-corrected chi connectivity index (χ2v) is 14.8. The van der Waals surface area contributed by atoms with Crippen molar-refractivity contribution in [1.82, 2.24) is 9.13 Å². The Morgan fingerprint density at radius 2 is 1.13 bits per heavy atom. The zero-order valence-corrected chi connectivity index (χ0v) is 30.4. The summed E-state index contributed by atoms with van der Waals surface area (Å²) >= 11 is 0. The number of hydrogen-bond acceptors (Lipinski definition) is 5. The predicted molar refractivity (Wildman–Crippen MR) is 170 cm³/mol. The summed E-state index contributed by atoms with van der Waals surface area (Å²) in [7, 11) is 18.9. The van der Waals surface area contributed by atoms with Gasteiger partial charge in [-0.3, -0.25) is 28.5 Å². The van der Waals surface area contributed by atoms with Gasteiger partial charge in [0.1, 0.15) is 0 Å². The van der Waals surface area contributed by atoms with Gasteiger partial charge >= 0.3 is 0 Å². The molecule has 0 spiro atoms. The van der Waals surface area contributed by atoms with Crippen LogP contribution < -0.4 is 59.3 Å². The van der Waals surface area contributed by atoms with Gasteiger partial charge in [-0.1, -0.05) is 0 Å². The third-order valence-electron chi connectivity index (χ3n) is 7.86. The van der Waals surface area contributed by atoms with Crippen molar-refractivity contribution in [2.75, 3.05) is 89.6 Å². The third kappa shape index (κ3) is 9.08. The number of benzene rings is 2. The second-order valence-electron chi connectivity index (χ2n) is 14.8. The summed E-state index contributed by atoms with van der Waals surface area (Å²) in [6, 6.07) is 5.09. The highest BCUT2D eigenvalue weighted by Gasteiger charge is 2.27. The molecule has 1 N–H and O–H groups in total. The lowest BCUT2D eigenvalue weighted by molar-refractivity contribution is -0.870. The molecule has 0 radical (unpaired) electrons. The molecule has 1 aliphatic heterocycles. The highest BCUT2D eigenvalue weighted by atomic mass is 35.5. The minimum atomic E-state index is -0.377. The molecule has 2 aliphatic rings. The average molecular weight is 688 g/mol. The number of aromatic nitrogens is 2. The minimum absolute atomic E-state index is 0. The topological polar surface area (TPSA) is 93.7 Å². The van der Waals surface area contributed by atoms with Gasteiger partial charge in [-0.25, -0.2) is 0 Å². The Morgan fingerprint density at radius 3 is 1.67 bits per heavy atom. The summed E-state index contributed by atoms with van der Waals surface area (Å²) in [5.74, 6) is -0.140. The van der Waals surface area contributed by atoms with Crippen LogP contribution in [0.1, 0.15) is 19.3 Å². The molecule has 13 heteroatoms. The van der Waals surface area contributed by atoms with Crippen molar-refractivity contribution in [3.8, 4) is 17.0 Å². The molecule has 0 unspecified atom stereocenters. The molecule has 0 saturated heterocycles. The maximum atomic E-state index is 14.1. The van der Waals surface area contributed by atoms with Gasteiger partial charge < -0.3 is 55.8 Å². The first-order valence-electron chi connectivity index (χ1n) is 14.9. The van der Waals surface area contributed by atoms with E-state index in [2.05, 4.69) is 63.4 Å². The molecule has 1 aliphatic carbocycles. The Bertz CT molecular complexity index is 1800. The van der Waals surface area contributed by atoms with Gasteiger partial charge in [-0.15, -0.1) is 0 Å². The van der Waals surface area contributed by atoms with E-state index >= 15 is 0 Å². The molecule has 45 heavy (non-hydrogen) atoms. The number of aromatic hydroxyl groups is 1. The SMILES string of the molecule is C[N+](C)(C)CCCN=c1cc2c(=O)n(CCC[N+](C)(C)C)c(=O)c3ccc4c(O)n(CCC[N+](C)(C)C)c(=O)c1c4c3-2.[Cl-].[Cl-].[Cl-]. The number of nitrogens with zero attached hydrogens (tertiary/aromatic N) is 6. The van der Waals surface area contributed by atoms with Gasteiger partial charge in [-0.05, 0) is 18.2 Å². The van der Waals surface area contributed by atoms with Crippen molar-refractivity contribution in [3.05, 3.63) is 54.6 Å². The van der Waals surface area contributed by atoms with Gasteiger partial charge in [0.2, 0.25) is 5.88 Å². The van der Waals surface area contributed by atoms with E-state index < -0.39 is 0 Å². The number of halogens is 3. The summed E-state index contributed by atoms with van der Waals surface area (Å²) in [5, 5.41) is 13.5. The van der Waals surface area contributed by atoms with Gasteiger partial charge in [0.25, 0.3) is 16.7 Å². The van der Waals surface area contributed by atoms with Crippen LogP contribution in [0.5, 0.6) is 5.88 Å². The summed E-state index contributed by atoms with van der Waals surface area (Å²) in [6.07, 6.45) is 2.18. The van der Waals surface area contributed by atoms with E-state index in [0.29, 0.717) is 70.5 Å². The minimum Gasteiger partial charge on any atom is -1.00 e. The van der Waals surface area contributed by atoms with E-state index in [-0.39, 0.29) is 59.8 Å². The van der Waals surface area contributed by atoms with Gasteiger partial charge in [0, 0.05) is 60.6 Å². The Kier molecular flexibility index (Phi) is 13.5. The second kappa shape index (κ2) is 15.0. The molecule has 252 valence electrons. The lowest BCUT2D eigenvalue weighted by Gasteiger charge is -2.25. The molecule has 0 saturated carbocycles. The molecule has 0 fully saturated rings. The molecule has 0 amide bonds. The molecule has 10 nitrogen and oxygen atoms in total. The van der Waals surface area contributed by atoms with Crippen LogP contribution in [-0.2, 0) is 13.1 Å². The van der Waals surface area contributed by atoms with Crippen molar-refractivity contribution >= 4 is 21.5 Å². The van der Waals surface area contributed by atoms with Crippen LogP contribution in [0.4, 0.5) is 0 Å². The summed E-state index contributed by atoms with van der Waals surface area (Å²) in [5.41, 5.74) is -0.286. The number of quaternary nitrogens is 3. The Hall–Kier alpha value is -2.47. The zero-order chi connectivity index (χ0) is 31.2. The molecule has 0 bridgehead atoms. The van der Waals surface area contributed by atoms with Crippen LogP contribution >= 0.6 is 0 Å². The fourth-order valence-corrected chi connectivity index (χ4v) is 5.75. The number of rotatable bonds is 12. The summed E-state index contributed by atoms with van der Waals surface area (Å²) in [4.78, 5) is 46.5.